The SMILES string of the molecule is NC(=O)c1cccc(CCc2ccccc2)c1C1CCNCC1. The largest absolute Gasteiger partial charge is 0.366 e. The van der Waals surface area contributed by atoms with Gasteiger partial charge in [0, 0.05) is 5.56 Å². The molecule has 2 aromatic carbocycles. The van der Waals surface area contributed by atoms with Gasteiger partial charge < -0.3 is 11.1 Å². The van der Waals surface area contributed by atoms with Gasteiger partial charge in [0.15, 0.2) is 0 Å². The topological polar surface area (TPSA) is 55.1 Å². The lowest BCUT2D eigenvalue weighted by atomic mass is 9.82. The zero-order valence-corrected chi connectivity index (χ0v) is 13.4. The molecule has 0 radical (unpaired) electrons. The van der Waals surface area contributed by atoms with Crippen molar-refractivity contribution < 1.29 is 4.79 Å². The summed E-state index contributed by atoms with van der Waals surface area (Å²) in [6, 6.07) is 16.5. The van der Waals surface area contributed by atoms with Gasteiger partial charge in [-0.25, -0.2) is 0 Å². The number of piperidine rings is 1. The summed E-state index contributed by atoms with van der Waals surface area (Å²) in [5, 5.41) is 3.39. The quantitative estimate of drug-likeness (QED) is 0.892. The summed E-state index contributed by atoms with van der Waals surface area (Å²) in [7, 11) is 0. The molecule has 23 heavy (non-hydrogen) atoms. The van der Waals surface area contributed by atoms with E-state index < -0.39 is 0 Å². The van der Waals surface area contributed by atoms with E-state index in [-0.39, 0.29) is 5.91 Å². The first-order chi connectivity index (χ1) is 11.3. The minimum Gasteiger partial charge on any atom is -0.366 e. The number of primary amides is 1. The minimum atomic E-state index is -0.305. The highest BCUT2D eigenvalue weighted by molar-refractivity contribution is 5.95. The Morgan fingerprint density at radius 3 is 2.43 bits per heavy atom. The molecule has 3 N–H and O–H groups in total. The maximum absolute atomic E-state index is 11.9. The van der Waals surface area contributed by atoms with Crippen molar-refractivity contribution >= 4 is 5.91 Å². The molecular formula is C20H24N2O. The molecule has 120 valence electrons. The number of carbonyl (C=O) groups is 1. The molecule has 0 aliphatic carbocycles. The fraction of sp³-hybridized carbons (Fsp3) is 0.350. The van der Waals surface area contributed by atoms with Crippen molar-refractivity contribution in [2.75, 3.05) is 13.1 Å². The van der Waals surface area contributed by atoms with Crippen LogP contribution in [0.4, 0.5) is 0 Å². The van der Waals surface area contributed by atoms with E-state index >= 15 is 0 Å². The van der Waals surface area contributed by atoms with Gasteiger partial charge >= 0.3 is 0 Å². The van der Waals surface area contributed by atoms with Crippen LogP contribution < -0.4 is 11.1 Å². The first kappa shape index (κ1) is 15.8. The number of carbonyl (C=O) groups excluding carboxylic acids is 1. The number of benzene rings is 2. The summed E-state index contributed by atoms with van der Waals surface area (Å²) < 4.78 is 0. The molecule has 2 aromatic rings. The molecular weight excluding hydrogens is 284 g/mol. The fourth-order valence-corrected chi connectivity index (χ4v) is 3.56. The highest BCUT2D eigenvalue weighted by atomic mass is 16.1. The van der Waals surface area contributed by atoms with Gasteiger partial charge in [0.1, 0.15) is 0 Å². The summed E-state index contributed by atoms with van der Waals surface area (Å²) in [6.45, 7) is 2.02. The molecule has 0 aromatic heterocycles. The Balaban J connectivity index is 1.88. The summed E-state index contributed by atoms with van der Waals surface area (Å²) >= 11 is 0. The standard InChI is InChI=1S/C20H24N2O/c21-20(23)18-8-4-7-16(10-9-15-5-2-1-3-6-15)19(18)17-11-13-22-14-12-17/h1-8,17,22H,9-14H2,(H2,21,23). The van der Waals surface area contributed by atoms with Crippen LogP contribution in [-0.2, 0) is 12.8 Å². The molecule has 0 atom stereocenters. The average Bonchev–Trinajstić information content (AvgIpc) is 2.61. The zero-order valence-electron chi connectivity index (χ0n) is 13.4. The van der Waals surface area contributed by atoms with Crippen molar-refractivity contribution in [1.82, 2.24) is 5.32 Å². The Labute approximate surface area is 137 Å². The Bertz CT molecular complexity index is 661. The van der Waals surface area contributed by atoms with Crippen molar-refractivity contribution in [3.63, 3.8) is 0 Å². The van der Waals surface area contributed by atoms with Gasteiger partial charge in [-0.3, -0.25) is 4.79 Å². The number of nitrogens with two attached hydrogens (primary N) is 1. The highest BCUT2D eigenvalue weighted by Crippen LogP contribution is 2.31. The zero-order chi connectivity index (χ0) is 16.1. The molecule has 1 aliphatic rings. The van der Waals surface area contributed by atoms with Gasteiger partial charge in [-0.1, -0.05) is 42.5 Å². The summed E-state index contributed by atoms with van der Waals surface area (Å²) in [6.07, 6.45) is 4.08. The normalized spacial score (nSPS) is 15.5. The Hall–Kier alpha value is -2.13. The Morgan fingerprint density at radius 2 is 1.74 bits per heavy atom. The summed E-state index contributed by atoms with van der Waals surface area (Å²) in [5.41, 5.74) is 10.1. The molecule has 3 rings (SSSR count). The van der Waals surface area contributed by atoms with E-state index in [1.165, 1.54) is 16.7 Å². The number of aryl methyl sites for hydroxylation is 2. The van der Waals surface area contributed by atoms with E-state index in [0.717, 1.165) is 38.8 Å². The first-order valence-corrected chi connectivity index (χ1v) is 8.42. The van der Waals surface area contributed by atoms with Gasteiger partial charge in [0.05, 0.1) is 0 Å². The number of amides is 1. The predicted octanol–water partition coefficient (Wildman–Crippen LogP) is 3.04. The Kier molecular flexibility index (Phi) is 5.09. The number of rotatable bonds is 5. The molecule has 0 saturated carbocycles. The lowest BCUT2D eigenvalue weighted by Gasteiger charge is -2.27. The fourth-order valence-electron chi connectivity index (χ4n) is 3.56. The summed E-state index contributed by atoms with van der Waals surface area (Å²) in [5.74, 6) is 0.130. The Morgan fingerprint density at radius 1 is 1.00 bits per heavy atom. The van der Waals surface area contributed by atoms with Crippen molar-refractivity contribution in [2.24, 2.45) is 5.73 Å². The monoisotopic (exact) mass is 308 g/mol. The van der Waals surface area contributed by atoms with Crippen molar-refractivity contribution in [3.8, 4) is 0 Å². The van der Waals surface area contributed by atoms with Gasteiger partial charge in [-0.15, -0.1) is 0 Å². The van der Waals surface area contributed by atoms with Crippen LogP contribution in [0.15, 0.2) is 48.5 Å². The van der Waals surface area contributed by atoms with Gasteiger partial charge in [-0.2, -0.15) is 0 Å². The number of hydrogen-bond donors (Lipinski definition) is 2. The molecule has 1 heterocycles. The minimum absolute atomic E-state index is 0.305. The van der Waals surface area contributed by atoms with E-state index in [9.17, 15) is 4.79 Å². The van der Waals surface area contributed by atoms with Crippen LogP contribution in [0.25, 0.3) is 0 Å². The lowest BCUT2D eigenvalue weighted by Crippen LogP contribution is -2.28. The molecule has 3 nitrogen and oxygen atoms in total. The number of nitrogens with one attached hydrogen (secondary N) is 1. The third kappa shape index (κ3) is 3.80. The van der Waals surface area contributed by atoms with Crippen LogP contribution in [0.2, 0.25) is 0 Å². The molecule has 1 fully saturated rings. The van der Waals surface area contributed by atoms with Crippen molar-refractivity contribution in [2.45, 2.75) is 31.6 Å². The second kappa shape index (κ2) is 7.42. The van der Waals surface area contributed by atoms with E-state index in [2.05, 4.69) is 35.6 Å². The smallest absolute Gasteiger partial charge is 0.248 e. The second-order valence-corrected chi connectivity index (χ2v) is 6.25. The van der Waals surface area contributed by atoms with E-state index in [1.807, 2.05) is 18.2 Å². The first-order valence-electron chi connectivity index (χ1n) is 8.42. The van der Waals surface area contributed by atoms with Crippen LogP contribution >= 0.6 is 0 Å². The van der Waals surface area contributed by atoms with Crippen molar-refractivity contribution in [3.05, 3.63) is 70.8 Å². The van der Waals surface area contributed by atoms with Crippen LogP contribution in [0.1, 0.15) is 45.8 Å². The van der Waals surface area contributed by atoms with Gasteiger partial charge in [0.2, 0.25) is 5.91 Å². The van der Waals surface area contributed by atoms with Crippen LogP contribution in [-0.4, -0.2) is 19.0 Å². The molecule has 0 spiro atoms. The second-order valence-electron chi connectivity index (χ2n) is 6.25. The van der Waals surface area contributed by atoms with Gasteiger partial charge in [0.25, 0.3) is 0 Å². The molecule has 0 unspecified atom stereocenters. The maximum atomic E-state index is 11.9. The molecule has 1 aliphatic heterocycles. The molecule has 3 heteroatoms. The number of hydrogen-bond acceptors (Lipinski definition) is 2. The lowest BCUT2D eigenvalue weighted by molar-refractivity contribution is 0.0998. The molecule has 1 saturated heterocycles. The van der Waals surface area contributed by atoms with E-state index in [4.69, 9.17) is 5.73 Å². The average molecular weight is 308 g/mol. The van der Waals surface area contributed by atoms with Gasteiger partial charge in [-0.05, 0) is 67.4 Å². The highest BCUT2D eigenvalue weighted by Gasteiger charge is 2.23. The molecule has 1 amide bonds. The third-order valence-electron chi connectivity index (χ3n) is 4.74. The summed E-state index contributed by atoms with van der Waals surface area (Å²) in [4.78, 5) is 11.9. The third-order valence-corrected chi connectivity index (χ3v) is 4.74. The van der Waals surface area contributed by atoms with Crippen LogP contribution in [0.3, 0.4) is 0 Å². The van der Waals surface area contributed by atoms with E-state index in [0.29, 0.717) is 11.5 Å². The predicted molar refractivity (Wildman–Crippen MR) is 93.7 cm³/mol. The van der Waals surface area contributed by atoms with Crippen LogP contribution in [0.5, 0.6) is 0 Å². The van der Waals surface area contributed by atoms with Crippen LogP contribution in [0, 0.1) is 0 Å². The molecule has 0 bridgehead atoms. The van der Waals surface area contributed by atoms with E-state index in [1.54, 1.807) is 0 Å². The maximum Gasteiger partial charge on any atom is 0.248 e. The van der Waals surface area contributed by atoms with Crippen molar-refractivity contribution in [1.29, 1.82) is 0 Å².